The SMILES string of the molecule is O=C(C[C@H]1C[C@H]2CC[C@H]1C2)NCc1ccc(CN2CCCCC2)cc1. The summed E-state index contributed by atoms with van der Waals surface area (Å²) in [6.45, 7) is 4.21. The van der Waals surface area contributed by atoms with Crippen LogP contribution in [0.3, 0.4) is 0 Å². The quantitative estimate of drug-likeness (QED) is 0.845. The average molecular weight is 341 g/mol. The van der Waals surface area contributed by atoms with Gasteiger partial charge in [-0.1, -0.05) is 37.1 Å². The van der Waals surface area contributed by atoms with Gasteiger partial charge in [-0.2, -0.15) is 0 Å². The maximum absolute atomic E-state index is 12.3. The van der Waals surface area contributed by atoms with E-state index in [1.54, 1.807) is 0 Å². The largest absolute Gasteiger partial charge is 0.352 e. The van der Waals surface area contributed by atoms with Gasteiger partial charge in [-0.25, -0.2) is 0 Å². The van der Waals surface area contributed by atoms with E-state index in [0.717, 1.165) is 24.8 Å². The van der Waals surface area contributed by atoms with Gasteiger partial charge in [0, 0.05) is 19.5 Å². The second-order valence-corrected chi connectivity index (χ2v) is 8.57. The molecule has 4 rings (SSSR count). The molecule has 1 aromatic carbocycles. The van der Waals surface area contributed by atoms with Crippen LogP contribution in [0.4, 0.5) is 0 Å². The van der Waals surface area contributed by atoms with Crippen molar-refractivity contribution in [3.05, 3.63) is 35.4 Å². The number of carbonyl (C=O) groups excluding carboxylic acids is 1. The van der Waals surface area contributed by atoms with Gasteiger partial charge in [0.15, 0.2) is 0 Å². The van der Waals surface area contributed by atoms with Crippen LogP contribution in [0.1, 0.15) is 62.5 Å². The number of benzene rings is 1. The molecule has 1 N–H and O–H groups in total. The van der Waals surface area contributed by atoms with Gasteiger partial charge >= 0.3 is 0 Å². The van der Waals surface area contributed by atoms with Gasteiger partial charge in [0.1, 0.15) is 0 Å². The summed E-state index contributed by atoms with van der Waals surface area (Å²) in [6, 6.07) is 8.81. The normalized spacial score (nSPS) is 29.0. The molecule has 1 aliphatic heterocycles. The third kappa shape index (κ3) is 4.44. The number of likely N-dealkylation sites (tertiary alicyclic amines) is 1. The molecule has 1 aromatic rings. The lowest BCUT2D eigenvalue weighted by atomic mass is 9.86. The second-order valence-electron chi connectivity index (χ2n) is 8.57. The van der Waals surface area contributed by atoms with Gasteiger partial charge in [-0.3, -0.25) is 9.69 Å². The molecule has 3 atom stereocenters. The van der Waals surface area contributed by atoms with Crippen molar-refractivity contribution in [1.29, 1.82) is 0 Å². The molecule has 3 aliphatic rings. The minimum Gasteiger partial charge on any atom is -0.352 e. The van der Waals surface area contributed by atoms with Gasteiger partial charge in [-0.15, -0.1) is 0 Å². The van der Waals surface area contributed by atoms with Crippen molar-refractivity contribution >= 4 is 5.91 Å². The highest BCUT2D eigenvalue weighted by molar-refractivity contribution is 5.76. The van der Waals surface area contributed by atoms with Crippen LogP contribution >= 0.6 is 0 Å². The molecule has 1 saturated heterocycles. The van der Waals surface area contributed by atoms with E-state index >= 15 is 0 Å². The Morgan fingerprint density at radius 2 is 1.76 bits per heavy atom. The number of nitrogens with one attached hydrogen (secondary N) is 1. The number of amides is 1. The van der Waals surface area contributed by atoms with Crippen LogP contribution in [-0.4, -0.2) is 23.9 Å². The lowest BCUT2D eigenvalue weighted by Crippen LogP contribution is -2.29. The first-order valence-corrected chi connectivity index (χ1v) is 10.3. The van der Waals surface area contributed by atoms with Crippen LogP contribution in [0, 0.1) is 17.8 Å². The fraction of sp³-hybridized carbons (Fsp3) is 0.682. The first-order valence-electron chi connectivity index (χ1n) is 10.3. The monoisotopic (exact) mass is 340 g/mol. The Morgan fingerprint density at radius 3 is 2.44 bits per heavy atom. The van der Waals surface area contributed by atoms with E-state index in [0.29, 0.717) is 12.5 Å². The van der Waals surface area contributed by atoms with Gasteiger partial charge in [0.2, 0.25) is 5.91 Å². The van der Waals surface area contributed by atoms with Crippen LogP contribution in [0.5, 0.6) is 0 Å². The van der Waals surface area contributed by atoms with Crippen molar-refractivity contribution in [3.63, 3.8) is 0 Å². The second kappa shape index (κ2) is 7.90. The van der Waals surface area contributed by atoms with E-state index in [4.69, 9.17) is 0 Å². The number of fused-ring (bicyclic) bond motifs is 2. The van der Waals surface area contributed by atoms with E-state index in [-0.39, 0.29) is 5.91 Å². The van der Waals surface area contributed by atoms with Gasteiger partial charge in [0.05, 0.1) is 0 Å². The highest BCUT2D eigenvalue weighted by atomic mass is 16.1. The summed E-state index contributed by atoms with van der Waals surface area (Å²) in [5.41, 5.74) is 2.60. The fourth-order valence-corrected chi connectivity index (χ4v) is 5.28. The van der Waals surface area contributed by atoms with Crippen LogP contribution < -0.4 is 5.32 Å². The van der Waals surface area contributed by atoms with Gasteiger partial charge in [0.25, 0.3) is 0 Å². The summed E-state index contributed by atoms with van der Waals surface area (Å²) >= 11 is 0. The Labute approximate surface area is 152 Å². The third-order valence-corrected chi connectivity index (χ3v) is 6.70. The maximum atomic E-state index is 12.3. The minimum absolute atomic E-state index is 0.245. The van der Waals surface area contributed by atoms with Crippen LogP contribution in [0.25, 0.3) is 0 Å². The predicted molar refractivity (Wildman–Crippen MR) is 101 cm³/mol. The van der Waals surface area contributed by atoms with E-state index in [1.807, 2.05) is 0 Å². The van der Waals surface area contributed by atoms with Gasteiger partial charge in [-0.05, 0) is 74.1 Å². The minimum atomic E-state index is 0.245. The van der Waals surface area contributed by atoms with E-state index in [9.17, 15) is 4.79 Å². The Balaban J connectivity index is 1.20. The standard InChI is InChI=1S/C22H32N2O/c25-22(14-21-13-19-8-9-20(21)12-19)23-15-17-4-6-18(7-5-17)16-24-10-2-1-3-11-24/h4-7,19-21H,1-3,8-16H2,(H,23,25)/t19-,20-,21+/m0/s1. The van der Waals surface area contributed by atoms with E-state index in [1.165, 1.54) is 69.2 Å². The molecule has 2 aliphatic carbocycles. The molecule has 2 saturated carbocycles. The molecular formula is C22H32N2O. The Kier molecular flexibility index (Phi) is 5.40. The summed E-state index contributed by atoms with van der Waals surface area (Å²) < 4.78 is 0. The van der Waals surface area contributed by atoms with Crippen LogP contribution in [0.15, 0.2) is 24.3 Å². The van der Waals surface area contributed by atoms with Crippen molar-refractivity contribution in [1.82, 2.24) is 10.2 Å². The lowest BCUT2D eigenvalue weighted by molar-refractivity contribution is -0.122. The van der Waals surface area contributed by atoms with E-state index in [2.05, 4.69) is 34.5 Å². The molecule has 2 bridgehead atoms. The van der Waals surface area contributed by atoms with Crippen molar-refractivity contribution in [2.45, 2.75) is 64.5 Å². The zero-order chi connectivity index (χ0) is 17.1. The average Bonchev–Trinajstić information content (AvgIpc) is 3.25. The van der Waals surface area contributed by atoms with Crippen molar-refractivity contribution in [2.75, 3.05) is 13.1 Å². The molecule has 0 aromatic heterocycles. The molecule has 3 fully saturated rings. The number of carbonyl (C=O) groups is 1. The van der Waals surface area contributed by atoms with Crippen molar-refractivity contribution in [3.8, 4) is 0 Å². The predicted octanol–water partition coefficient (Wildman–Crippen LogP) is 4.12. The molecule has 0 spiro atoms. The Morgan fingerprint density at radius 1 is 1.00 bits per heavy atom. The molecule has 0 radical (unpaired) electrons. The first-order chi connectivity index (χ1) is 12.3. The van der Waals surface area contributed by atoms with Crippen molar-refractivity contribution in [2.24, 2.45) is 17.8 Å². The molecule has 25 heavy (non-hydrogen) atoms. The van der Waals surface area contributed by atoms with Gasteiger partial charge < -0.3 is 5.32 Å². The summed E-state index contributed by atoms with van der Waals surface area (Å²) in [6.07, 6.45) is 10.3. The number of rotatable bonds is 6. The molecular weight excluding hydrogens is 308 g/mol. The fourth-order valence-electron chi connectivity index (χ4n) is 5.28. The highest BCUT2D eigenvalue weighted by Crippen LogP contribution is 2.49. The molecule has 1 heterocycles. The number of nitrogens with zero attached hydrogens (tertiary/aromatic N) is 1. The topological polar surface area (TPSA) is 32.3 Å². The highest BCUT2D eigenvalue weighted by Gasteiger charge is 2.39. The lowest BCUT2D eigenvalue weighted by Gasteiger charge is -2.26. The van der Waals surface area contributed by atoms with Crippen molar-refractivity contribution < 1.29 is 4.79 Å². The number of hydrogen-bond donors (Lipinski definition) is 1. The summed E-state index contributed by atoms with van der Waals surface area (Å²) in [5, 5.41) is 3.14. The maximum Gasteiger partial charge on any atom is 0.220 e. The first kappa shape index (κ1) is 17.1. The summed E-state index contributed by atoms with van der Waals surface area (Å²) in [7, 11) is 0. The smallest absolute Gasteiger partial charge is 0.220 e. The number of hydrogen-bond acceptors (Lipinski definition) is 2. The van der Waals surface area contributed by atoms with Crippen LogP contribution in [-0.2, 0) is 17.9 Å². The molecule has 0 unspecified atom stereocenters. The van der Waals surface area contributed by atoms with E-state index < -0.39 is 0 Å². The molecule has 3 nitrogen and oxygen atoms in total. The summed E-state index contributed by atoms with van der Waals surface area (Å²) in [4.78, 5) is 14.8. The Bertz CT molecular complexity index is 576. The number of piperidine rings is 1. The third-order valence-electron chi connectivity index (χ3n) is 6.70. The zero-order valence-corrected chi connectivity index (χ0v) is 15.4. The Hall–Kier alpha value is -1.35. The molecule has 1 amide bonds. The molecule has 3 heteroatoms. The zero-order valence-electron chi connectivity index (χ0n) is 15.4. The molecule has 136 valence electrons. The summed E-state index contributed by atoms with van der Waals surface area (Å²) in [5.74, 6) is 2.67. The van der Waals surface area contributed by atoms with Crippen LogP contribution in [0.2, 0.25) is 0 Å².